The van der Waals surface area contributed by atoms with Crippen LogP contribution in [0.2, 0.25) is 5.02 Å². The third-order valence-corrected chi connectivity index (χ3v) is 5.70. The van der Waals surface area contributed by atoms with E-state index in [1.54, 1.807) is 0 Å². The van der Waals surface area contributed by atoms with E-state index in [9.17, 15) is 4.79 Å². The molecule has 3 aromatic rings. The number of rotatable bonds is 3. The number of hydrogen-bond donors (Lipinski definition) is 0. The zero-order valence-electron chi connectivity index (χ0n) is 15.4. The van der Waals surface area contributed by atoms with E-state index >= 15 is 0 Å². The van der Waals surface area contributed by atoms with E-state index in [1.807, 2.05) is 47.4 Å². The molecule has 1 amide bonds. The Hall–Kier alpha value is -2.72. The number of nitrogens with zero attached hydrogens (tertiary/aromatic N) is 3. The molecule has 1 saturated carbocycles. The molecule has 1 fully saturated rings. The molecule has 2 heterocycles. The zero-order valence-corrected chi connectivity index (χ0v) is 16.2. The van der Waals surface area contributed by atoms with Gasteiger partial charge in [-0.15, -0.1) is 0 Å². The normalized spacial score (nSPS) is 16.0. The van der Waals surface area contributed by atoms with Crippen molar-refractivity contribution in [2.45, 2.75) is 25.8 Å². The monoisotopic (exact) mass is 389 g/mol. The van der Waals surface area contributed by atoms with Gasteiger partial charge in [-0.05, 0) is 37.1 Å². The summed E-state index contributed by atoms with van der Waals surface area (Å²) in [5.74, 6) is 1.22. The molecule has 5 heteroatoms. The Kier molecular flexibility index (Phi) is 4.36. The van der Waals surface area contributed by atoms with Crippen LogP contribution in [0.4, 0.5) is 0 Å². The second-order valence-electron chi connectivity index (χ2n) is 7.48. The molecule has 140 valence electrons. The van der Waals surface area contributed by atoms with Gasteiger partial charge in [0.05, 0.1) is 11.4 Å². The van der Waals surface area contributed by atoms with Crippen molar-refractivity contribution in [1.29, 1.82) is 0 Å². The largest absolute Gasteiger partial charge is 0.338 e. The molecule has 28 heavy (non-hydrogen) atoms. The number of fused-ring (bicyclic) bond motifs is 1. The van der Waals surface area contributed by atoms with Crippen LogP contribution in [-0.4, -0.2) is 27.3 Å². The number of carbonyl (C=O) groups excluding carboxylic acids is 1. The minimum absolute atomic E-state index is 0.232. The third kappa shape index (κ3) is 3.29. The first kappa shape index (κ1) is 17.4. The van der Waals surface area contributed by atoms with Gasteiger partial charge in [0.1, 0.15) is 0 Å². The van der Waals surface area contributed by atoms with Gasteiger partial charge in [-0.1, -0.05) is 41.9 Å². The van der Waals surface area contributed by atoms with E-state index in [-0.39, 0.29) is 11.8 Å². The fraction of sp³-hybridized carbons (Fsp3) is 0.261. The fourth-order valence-corrected chi connectivity index (χ4v) is 3.88. The molecule has 0 saturated heterocycles. The highest BCUT2D eigenvalue weighted by Gasteiger charge is 2.35. The quantitative estimate of drug-likeness (QED) is 0.648. The minimum atomic E-state index is 0.232. The van der Waals surface area contributed by atoms with Crippen molar-refractivity contribution in [3.63, 3.8) is 0 Å². The van der Waals surface area contributed by atoms with Crippen molar-refractivity contribution in [1.82, 2.24) is 14.9 Å². The van der Waals surface area contributed by atoms with Crippen molar-refractivity contribution >= 4 is 17.5 Å². The summed E-state index contributed by atoms with van der Waals surface area (Å²) in [7, 11) is 0. The number of aromatic nitrogens is 2. The predicted octanol–water partition coefficient (Wildman–Crippen LogP) is 4.76. The van der Waals surface area contributed by atoms with Crippen molar-refractivity contribution in [2.75, 3.05) is 6.54 Å². The van der Waals surface area contributed by atoms with Gasteiger partial charge in [-0.25, -0.2) is 9.97 Å². The lowest BCUT2D eigenvalue weighted by Crippen LogP contribution is -2.37. The van der Waals surface area contributed by atoms with E-state index in [2.05, 4.69) is 12.1 Å². The number of hydrogen-bond acceptors (Lipinski definition) is 3. The van der Waals surface area contributed by atoms with Crippen LogP contribution >= 0.6 is 11.6 Å². The standard InChI is InChI=1S/C23H20ClN3O/c24-18-10-8-16(9-11-18)22-25-20-12-13-27(23(28)17-6-7-17)14-19(20)21(26-22)15-4-2-1-3-5-15/h1-5,8-11,17H,6-7,12-14H2. The van der Waals surface area contributed by atoms with Gasteiger partial charge in [-0.2, -0.15) is 0 Å². The third-order valence-electron chi connectivity index (χ3n) is 5.45. The average molecular weight is 390 g/mol. The van der Waals surface area contributed by atoms with Gasteiger partial charge >= 0.3 is 0 Å². The SMILES string of the molecule is O=C(C1CC1)N1CCc2nc(-c3ccc(Cl)cc3)nc(-c3ccccc3)c2C1. The second-order valence-corrected chi connectivity index (χ2v) is 7.91. The van der Waals surface area contributed by atoms with E-state index < -0.39 is 0 Å². The Morgan fingerprint density at radius 1 is 0.964 bits per heavy atom. The molecule has 5 rings (SSSR count). The molecule has 2 aromatic carbocycles. The molecule has 0 atom stereocenters. The molecule has 1 aliphatic carbocycles. The van der Waals surface area contributed by atoms with Gasteiger partial charge in [0, 0.05) is 47.1 Å². The van der Waals surface area contributed by atoms with Crippen LogP contribution in [0.3, 0.4) is 0 Å². The van der Waals surface area contributed by atoms with Crippen LogP contribution in [0.25, 0.3) is 22.6 Å². The molecule has 0 N–H and O–H groups in total. The number of carbonyl (C=O) groups is 1. The molecule has 0 radical (unpaired) electrons. The first-order valence-electron chi connectivity index (χ1n) is 9.69. The van der Waals surface area contributed by atoms with Crippen LogP contribution in [0.15, 0.2) is 54.6 Å². The average Bonchev–Trinajstić information content (AvgIpc) is 3.59. The topological polar surface area (TPSA) is 46.1 Å². The minimum Gasteiger partial charge on any atom is -0.338 e. The van der Waals surface area contributed by atoms with Crippen LogP contribution in [0.5, 0.6) is 0 Å². The maximum atomic E-state index is 12.6. The van der Waals surface area contributed by atoms with E-state index in [0.29, 0.717) is 17.4 Å². The Morgan fingerprint density at radius 3 is 2.43 bits per heavy atom. The molecule has 1 aliphatic heterocycles. The summed E-state index contributed by atoms with van der Waals surface area (Å²) in [5.41, 5.74) is 5.03. The molecule has 2 aliphatic rings. The lowest BCUT2D eigenvalue weighted by atomic mass is 9.98. The highest BCUT2D eigenvalue weighted by molar-refractivity contribution is 6.30. The lowest BCUT2D eigenvalue weighted by Gasteiger charge is -2.30. The maximum absolute atomic E-state index is 12.6. The molecule has 4 nitrogen and oxygen atoms in total. The van der Waals surface area contributed by atoms with Crippen molar-refractivity contribution in [2.24, 2.45) is 5.92 Å². The van der Waals surface area contributed by atoms with E-state index in [4.69, 9.17) is 21.6 Å². The van der Waals surface area contributed by atoms with E-state index in [0.717, 1.165) is 53.9 Å². The van der Waals surface area contributed by atoms with Crippen LogP contribution in [-0.2, 0) is 17.8 Å². The molecular weight excluding hydrogens is 370 g/mol. The molecule has 0 bridgehead atoms. The number of benzene rings is 2. The predicted molar refractivity (Wildman–Crippen MR) is 110 cm³/mol. The Balaban J connectivity index is 1.60. The first-order chi connectivity index (χ1) is 13.7. The molecule has 0 unspecified atom stereocenters. The van der Waals surface area contributed by atoms with E-state index in [1.165, 1.54) is 0 Å². The highest BCUT2D eigenvalue weighted by atomic mass is 35.5. The number of halogens is 1. The van der Waals surface area contributed by atoms with Crippen LogP contribution in [0.1, 0.15) is 24.1 Å². The summed E-state index contributed by atoms with van der Waals surface area (Å²) in [6, 6.07) is 17.8. The number of amides is 1. The molecule has 1 aromatic heterocycles. The summed E-state index contributed by atoms with van der Waals surface area (Å²) in [6.45, 7) is 1.32. The smallest absolute Gasteiger partial charge is 0.225 e. The molecular formula is C23H20ClN3O. The second kappa shape index (κ2) is 7.02. The summed E-state index contributed by atoms with van der Waals surface area (Å²) >= 11 is 6.04. The van der Waals surface area contributed by atoms with Gasteiger partial charge in [0.25, 0.3) is 0 Å². The maximum Gasteiger partial charge on any atom is 0.225 e. The highest BCUT2D eigenvalue weighted by Crippen LogP contribution is 2.35. The van der Waals surface area contributed by atoms with Crippen molar-refractivity contribution < 1.29 is 4.79 Å². The summed E-state index contributed by atoms with van der Waals surface area (Å²) in [6.07, 6.45) is 2.82. The lowest BCUT2D eigenvalue weighted by molar-refractivity contribution is -0.133. The zero-order chi connectivity index (χ0) is 19.1. The van der Waals surface area contributed by atoms with Crippen molar-refractivity contribution in [3.8, 4) is 22.6 Å². The summed E-state index contributed by atoms with van der Waals surface area (Å²) in [4.78, 5) is 24.4. The van der Waals surface area contributed by atoms with Crippen LogP contribution < -0.4 is 0 Å². The Morgan fingerprint density at radius 2 is 1.71 bits per heavy atom. The molecule has 0 spiro atoms. The summed E-state index contributed by atoms with van der Waals surface area (Å²) < 4.78 is 0. The fourth-order valence-electron chi connectivity index (χ4n) is 3.75. The van der Waals surface area contributed by atoms with Crippen molar-refractivity contribution in [3.05, 3.63) is 70.9 Å². The van der Waals surface area contributed by atoms with Crippen LogP contribution in [0, 0.1) is 5.92 Å². The Labute approximate surface area is 169 Å². The van der Waals surface area contributed by atoms with Gasteiger partial charge in [0.15, 0.2) is 5.82 Å². The summed E-state index contributed by atoms with van der Waals surface area (Å²) in [5, 5.41) is 0.694. The van der Waals surface area contributed by atoms with Gasteiger partial charge < -0.3 is 4.90 Å². The first-order valence-corrected chi connectivity index (χ1v) is 10.1. The van der Waals surface area contributed by atoms with Gasteiger partial charge in [0.2, 0.25) is 5.91 Å². The Bertz CT molecular complexity index is 1030. The van der Waals surface area contributed by atoms with Gasteiger partial charge in [-0.3, -0.25) is 4.79 Å².